The lowest BCUT2D eigenvalue weighted by Gasteiger charge is -2.25. The van der Waals surface area contributed by atoms with Crippen molar-refractivity contribution in [1.82, 2.24) is 0 Å². The Morgan fingerprint density at radius 3 is 2.67 bits per heavy atom. The monoisotopic (exact) mass is 246 g/mol. The van der Waals surface area contributed by atoms with Crippen molar-refractivity contribution in [2.75, 3.05) is 11.4 Å². The Morgan fingerprint density at radius 2 is 2.11 bits per heavy atom. The number of nitriles is 1. The van der Waals surface area contributed by atoms with E-state index >= 15 is 0 Å². The van der Waals surface area contributed by atoms with E-state index in [1.54, 1.807) is 12.1 Å². The lowest BCUT2D eigenvalue weighted by molar-refractivity contribution is 0.569. The van der Waals surface area contributed by atoms with Crippen LogP contribution in [0.2, 0.25) is 0 Å². The topological polar surface area (TPSA) is 27.0 Å². The Bertz CT molecular complexity index is 458. The highest BCUT2D eigenvalue weighted by Crippen LogP contribution is 2.33. The minimum atomic E-state index is -0.320. The summed E-state index contributed by atoms with van der Waals surface area (Å²) in [7, 11) is 0. The molecule has 96 valence electrons. The number of rotatable bonds is 5. The van der Waals surface area contributed by atoms with E-state index in [0.717, 1.165) is 18.7 Å². The van der Waals surface area contributed by atoms with Crippen molar-refractivity contribution in [1.29, 1.82) is 5.26 Å². The van der Waals surface area contributed by atoms with E-state index < -0.39 is 0 Å². The number of anilines is 1. The van der Waals surface area contributed by atoms with Gasteiger partial charge < -0.3 is 4.90 Å². The zero-order valence-electron chi connectivity index (χ0n) is 11.0. The third kappa shape index (κ3) is 3.22. The maximum Gasteiger partial charge on any atom is 0.126 e. The number of benzene rings is 1. The second-order valence-corrected chi connectivity index (χ2v) is 5.42. The van der Waals surface area contributed by atoms with E-state index in [9.17, 15) is 4.39 Å². The maximum absolute atomic E-state index is 13.5. The Balaban J connectivity index is 2.19. The lowest BCUT2D eigenvalue weighted by Crippen LogP contribution is -2.27. The fraction of sp³-hybridized carbons (Fsp3) is 0.533. The van der Waals surface area contributed by atoms with E-state index in [2.05, 4.69) is 18.7 Å². The molecule has 1 fully saturated rings. The molecule has 0 amide bonds. The summed E-state index contributed by atoms with van der Waals surface area (Å²) in [6.07, 6.45) is 3.45. The molecule has 0 aliphatic heterocycles. The summed E-state index contributed by atoms with van der Waals surface area (Å²) in [4.78, 5) is 2.25. The van der Waals surface area contributed by atoms with Gasteiger partial charge in [0.2, 0.25) is 0 Å². The molecule has 0 heterocycles. The summed E-state index contributed by atoms with van der Waals surface area (Å²) in [5, 5.41) is 8.91. The van der Waals surface area contributed by atoms with Crippen molar-refractivity contribution in [3.8, 4) is 6.07 Å². The van der Waals surface area contributed by atoms with Crippen LogP contribution in [0.5, 0.6) is 0 Å². The third-order valence-electron chi connectivity index (χ3n) is 3.28. The van der Waals surface area contributed by atoms with Crippen LogP contribution in [0.4, 0.5) is 10.1 Å². The molecule has 3 heteroatoms. The van der Waals surface area contributed by atoms with Crippen LogP contribution in [0.3, 0.4) is 0 Å². The first-order valence-corrected chi connectivity index (χ1v) is 6.57. The zero-order chi connectivity index (χ0) is 13.1. The largest absolute Gasteiger partial charge is 0.368 e. The highest BCUT2D eigenvalue weighted by Gasteiger charge is 2.29. The van der Waals surface area contributed by atoms with Crippen LogP contribution >= 0.6 is 0 Å². The Morgan fingerprint density at radius 1 is 1.39 bits per heavy atom. The van der Waals surface area contributed by atoms with Crippen LogP contribution in [0.25, 0.3) is 0 Å². The van der Waals surface area contributed by atoms with E-state index in [1.165, 1.54) is 18.9 Å². The molecule has 0 unspecified atom stereocenters. The summed E-state index contributed by atoms with van der Waals surface area (Å²) in [5.74, 6) is 0.314. The molecule has 1 saturated carbocycles. The molecule has 2 rings (SSSR count). The highest BCUT2D eigenvalue weighted by atomic mass is 19.1. The Kier molecular flexibility index (Phi) is 3.86. The third-order valence-corrected chi connectivity index (χ3v) is 3.28. The van der Waals surface area contributed by atoms with Gasteiger partial charge in [0.05, 0.1) is 11.6 Å². The number of hydrogen-bond acceptors (Lipinski definition) is 2. The van der Waals surface area contributed by atoms with Crippen LogP contribution < -0.4 is 4.90 Å². The predicted molar refractivity (Wildman–Crippen MR) is 70.9 cm³/mol. The van der Waals surface area contributed by atoms with Gasteiger partial charge in [0.1, 0.15) is 5.82 Å². The van der Waals surface area contributed by atoms with Gasteiger partial charge in [0.25, 0.3) is 0 Å². The molecule has 1 aromatic carbocycles. The molecule has 0 saturated heterocycles. The van der Waals surface area contributed by atoms with Gasteiger partial charge in [-0.25, -0.2) is 4.39 Å². The molecule has 1 aliphatic carbocycles. The first-order chi connectivity index (χ1) is 8.60. The minimum absolute atomic E-state index is 0.320. The predicted octanol–water partition coefficient (Wildman–Crippen LogP) is 3.71. The van der Waals surface area contributed by atoms with Crippen molar-refractivity contribution in [2.45, 2.75) is 39.2 Å². The van der Waals surface area contributed by atoms with E-state index in [0.29, 0.717) is 17.5 Å². The molecule has 0 N–H and O–H groups in total. The van der Waals surface area contributed by atoms with E-state index in [4.69, 9.17) is 5.26 Å². The first kappa shape index (κ1) is 12.9. The smallest absolute Gasteiger partial charge is 0.126 e. The fourth-order valence-corrected chi connectivity index (χ4v) is 2.11. The van der Waals surface area contributed by atoms with Gasteiger partial charge in [-0.15, -0.1) is 0 Å². The van der Waals surface area contributed by atoms with Crippen molar-refractivity contribution >= 4 is 5.69 Å². The van der Waals surface area contributed by atoms with Crippen molar-refractivity contribution < 1.29 is 4.39 Å². The molecule has 0 radical (unpaired) electrons. The van der Waals surface area contributed by atoms with Crippen molar-refractivity contribution in [3.05, 3.63) is 29.6 Å². The van der Waals surface area contributed by atoms with E-state index in [1.807, 2.05) is 6.07 Å². The minimum Gasteiger partial charge on any atom is -0.368 e. The van der Waals surface area contributed by atoms with Gasteiger partial charge in [0.15, 0.2) is 0 Å². The second-order valence-electron chi connectivity index (χ2n) is 5.42. The second kappa shape index (κ2) is 5.39. The molecule has 0 bridgehead atoms. The number of halogens is 1. The lowest BCUT2D eigenvalue weighted by atomic mass is 10.1. The van der Waals surface area contributed by atoms with Crippen molar-refractivity contribution in [2.24, 2.45) is 5.92 Å². The molecule has 1 aromatic rings. The number of nitrogens with zero attached hydrogens (tertiary/aromatic N) is 2. The van der Waals surface area contributed by atoms with Crippen molar-refractivity contribution in [3.63, 3.8) is 0 Å². The summed E-state index contributed by atoms with van der Waals surface area (Å²) < 4.78 is 13.5. The fourth-order valence-electron chi connectivity index (χ4n) is 2.11. The zero-order valence-corrected chi connectivity index (χ0v) is 11.0. The van der Waals surface area contributed by atoms with Crippen LogP contribution in [0.1, 0.15) is 38.7 Å². The highest BCUT2D eigenvalue weighted by molar-refractivity contribution is 5.53. The average molecular weight is 246 g/mol. The molecular formula is C15H19FN2. The van der Waals surface area contributed by atoms with E-state index in [-0.39, 0.29) is 5.82 Å². The summed E-state index contributed by atoms with van der Waals surface area (Å²) in [6.45, 7) is 5.32. The summed E-state index contributed by atoms with van der Waals surface area (Å²) in [6, 6.07) is 7.18. The van der Waals surface area contributed by atoms with Gasteiger partial charge in [0, 0.05) is 18.3 Å². The first-order valence-electron chi connectivity index (χ1n) is 6.57. The van der Waals surface area contributed by atoms with Crippen LogP contribution in [-0.2, 0) is 0 Å². The standard InChI is InChI=1S/C15H19FN2/c1-11(2)5-6-18(14-3-4-14)15-8-12(10-17)7-13(16)9-15/h7-9,11,14H,3-6H2,1-2H3. The van der Waals surface area contributed by atoms with Crippen LogP contribution in [-0.4, -0.2) is 12.6 Å². The normalized spacial score (nSPS) is 14.6. The van der Waals surface area contributed by atoms with Gasteiger partial charge in [-0.05, 0) is 43.4 Å². The van der Waals surface area contributed by atoms with Gasteiger partial charge in [-0.3, -0.25) is 0 Å². The Hall–Kier alpha value is -1.56. The molecule has 18 heavy (non-hydrogen) atoms. The average Bonchev–Trinajstić information content (AvgIpc) is 3.12. The summed E-state index contributed by atoms with van der Waals surface area (Å²) in [5.41, 5.74) is 1.26. The molecule has 0 atom stereocenters. The van der Waals surface area contributed by atoms with Crippen LogP contribution in [0, 0.1) is 23.1 Å². The molecule has 1 aliphatic rings. The van der Waals surface area contributed by atoms with Gasteiger partial charge in [-0.2, -0.15) is 5.26 Å². The molecule has 0 aromatic heterocycles. The van der Waals surface area contributed by atoms with Gasteiger partial charge >= 0.3 is 0 Å². The Labute approximate surface area is 108 Å². The van der Waals surface area contributed by atoms with Crippen LogP contribution in [0.15, 0.2) is 18.2 Å². The summed E-state index contributed by atoms with van der Waals surface area (Å²) >= 11 is 0. The molecule has 2 nitrogen and oxygen atoms in total. The maximum atomic E-state index is 13.5. The molecular weight excluding hydrogens is 227 g/mol. The SMILES string of the molecule is CC(C)CCN(c1cc(F)cc(C#N)c1)C1CC1. The number of hydrogen-bond donors (Lipinski definition) is 0. The molecule has 0 spiro atoms. The van der Waals surface area contributed by atoms with Gasteiger partial charge in [-0.1, -0.05) is 13.8 Å². The quantitative estimate of drug-likeness (QED) is 0.791.